The van der Waals surface area contributed by atoms with Gasteiger partial charge in [-0.1, -0.05) is 15.9 Å². The lowest BCUT2D eigenvalue weighted by Crippen LogP contribution is -2.30. The molecule has 5 nitrogen and oxygen atoms in total. The molecule has 1 heterocycles. The minimum absolute atomic E-state index is 0.0561. The van der Waals surface area contributed by atoms with Crippen molar-refractivity contribution < 1.29 is 13.9 Å². The van der Waals surface area contributed by atoms with E-state index in [4.69, 9.17) is 4.74 Å². The number of rotatable bonds is 6. The zero-order valence-corrected chi connectivity index (χ0v) is 13.1. The molecule has 0 aliphatic rings. The number of ether oxygens (including phenoxy) is 1. The molecule has 112 valence electrons. The number of hydrogen-bond acceptors (Lipinski definition) is 3. The van der Waals surface area contributed by atoms with Crippen LogP contribution in [-0.2, 0) is 18.3 Å². The van der Waals surface area contributed by atoms with Crippen molar-refractivity contribution >= 4 is 21.8 Å². The number of benzene rings is 1. The first-order chi connectivity index (χ1) is 10.0. The lowest BCUT2D eigenvalue weighted by Gasteiger charge is -2.08. The van der Waals surface area contributed by atoms with E-state index in [0.29, 0.717) is 17.4 Å². The van der Waals surface area contributed by atoms with Gasteiger partial charge in [-0.3, -0.25) is 9.48 Å². The van der Waals surface area contributed by atoms with Crippen molar-refractivity contribution in [1.29, 1.82) is 0 Å². The molecule has 0 saturated heterocycles. The molecule has 0 radical (unpaired) electrons. The lowest BCUT2D eigenvalue weighted by molar-refractivity contribution is -0.123. The van der Waals surface area contributed by atoms with Crippen LogP contribution in [-0.4, -0.2) is 28.8 Å². The van der Waals surface area contributed by atoms with Gasteiger partial charge in [0.1, 0.15) is 0 Å². The molecule has 1 N–H and O–H groups in total. The molecule has 1 amide bonds. The molecule has 0 atom stereocenters. The van der Waals surface area contributed by atoms with E-state index in [1.54, 1.807) is 16.9 Å². The number of nitrogens with zero attached hydrogens (tertiary/aromatic N) is 2. The largest absolute Gasteiger partial charge is 0.481 e. The second-order valence-electron chi connectivity index (χ2n) is 4.49. The van der Waals surface area contributed by atoms with E-state index in [0.717, 1.165) is 5.56 Å². The summed E-state index contributed by atoms with van der Waals surface area (Å²) >= 11 is 3.15. The maximum absolute atomic E-state index is 13.5. The van der Waals surface area contributed by atoms with Gasteiger partial charge in [0.15, 0.2) is 18.2 Å². The van der Waals surface area contributed by atoms with Crippen LogP contribution in [0.1, 0.15) is 5.56 Å². The number of aryl methyl sites for hydroxylation is 1. The van der Waals surface area contributed by atoms with Crippen molar-refractivity contribution in [2.24, 2.45) is 7.05 Å². The highest BCUT2D eigenvalue weighted by molar-refractivity contribution is 9.10. The molecule has 1 aromatic heterocycles. The van der Waals surface area contributed by atoms with Crippen molar-refractivity contribution in [3.05, 3.63) is 46.4 Å². The molecular formula is C14H15BrFN3O2. The maximum atomic E-state index is 13.5. The fourth-order valence-electron chi connectivity index (χ4n) is 1.73. The molecule has 0 aliphatic carbocycles. The summed E-state index contributed by atoms with van der Waals surface area (Å²) in [5, 5.41) is 6.75. The van der Waals surface area contributed by atoms with E-state index in [1.807, 2.05) is 13.2 Å². The van der Waals surface area contributed by atoms with Crippen LogP contribution >= 0.6 is 15.9 Å². The van der Waals surface area contributed by atoms with Crippen molar-refractivity contribution in [2.45, 2.75) is 6.42 Å². The average molecular weight is 356 g/mol. The average Bonchev–Trinajstić information content (AvgIpc) is 2.83. The molecule has 0 saturated carbocycles. The van der Waals surface area contributed by atoms with Gasteiger partial charge in [-0.2, -0.15) is 5.10 Å². The monoisotopic (exact) mass is 355 g/mol. The van der Waals surface area contributed by atoms with Crippen LogP contribution < -0.4 is 10.1 Å². The van der Waals surface area contributed by atoms with Gasteiger partial charge in [-0.05, 0) is 30.2 Å². The molecule has 2 rings (SSSR count). The zero-order chi connectivity index (χ0) is 15.2. The summed E-state index contributed by atoms with van der Waals surface area (Å²) in [5.74, 6) is -0.741. The Morgan fingerprint density at radius 2 is 2.33 bits per heavy atom. The topological polar surface area (TPSA) is 56.2 Å². The van der Waals surface area contributed by atoms with Gasteiger partial charge in [-0.25, -0.2) is 4.39 Å². The fourth-order valence-corrected chi connectivity index (χ4v) is 2.07. The SMILES string of the molecule is Cn1cc(CCNC(=O)COc2ccc(Br)cc2F)cn1. The molecule has 7 heteroatoms. The quantitative estimate of drug-likeness (QED) is 0.862. The van der Waals surface area contributed by atoms with E-state index >= 15 is 0 Å². The van der Waals surface area contributed by atoms with Crippen molar-refractivity contribution in [1.82, 2.24) is 15.1 Å². The predicted octanol–water partition coefficient (Wildman–Crippen LogP) is 2.06. The summed E-state index contributed by atoms with van der Waals surface area (Å²) in [6, 6.07) is 4.41. The molecule has 1 aromatic carbocycles. The Balaban J connectivity index is 1.72. The fraction of sp³-hybridized carbons (Fsp3) is 0.286. The van der Waals surface area contributed by atoms with E-state index in [-0.39, 0.29) is 18.3 Å². The Morgan fingerprint density at radius 1 is 1.52 bits per heavy atom. The van der Waals surface area contributed by atoms with Gasteiger partial charge in [0.25, 0.3) is 5.91 Å². The summed E-state index contributed by atoms with van der Waals surface area (Å²) in [6.07, 6.45) is 4.33. The number of hydrogen-bond donors (Lipinski definition) is 1. The highest BCUT2D eigenvalue weighted by Gasteiger charge is 2.07. The summed E-state index contributed by atoms with van der Waals surface area (Å²) in [5.41, 5.74) is 1.04. The number of amides is 1. The lowest BCUT2D eigenvalue weighted by atomic mass is 10.2. The summed E-state index contributed by atoms with van der Waals surface area (Å²) in [4.78, 5) is 11.6. The van der Waals surface area contributed by atoms with Crippen LogP contribution in [0.5, 0.6) is 5.75 Å². The second kappa shape index (κ2) is 7.21. The number of nitrogens with one attached hydrogen (secondary N) is 1. The molecular weight excluding hydrogens is 341 g/mol. The maximum Gasteiger partial charge on any atom is 0.257 e. The summed E-state index contributed by atoms with van der Waals surface area (Å²) in [6.45, 7) is 0.266. The molecule has 0 bridgehead atoms. The van der Waals surface area contributed by atoms with Crippen LogP contribution in [0.15, 0.2) is 35.1 Å². The van der Waals surface area contributed by atoms with E-state index in [1.165, 1.54) is 12.1 Å². The molecule has 21 heavy (non-hydrogen) atoms. The van der Waals surface area contributed by atoms with Gasteiger partial charge >= 0.3 is 0 Å². The van der Waals surface area contributed by atoms with Gasteiger partial charge in [0.2, 0.25) is 0 Å². The molecule has 0 spiro atoms. The first kappa shape index (κ1) is 15.5. The Labute approximate surface area is 130 Å². The number of carbonyl (C=O) groups is 1. The third-order valence-corrected chi connectivity index (χ3v) is 3.24. The molecule has 2 aromatic rings. The third kappa shape index (κ3) is 4.86. The minimum atomic E-state index is -0.507. The second-order valence-corrected chi connectivity index (χ2v) is 5.40. The minimum Gasteiger partial charge on any atom is -0.481 e. The first-order valence-electron chi connectivity index (χ1n) is 6.36. The van der Waals surface area contributed by atoms with E-state index in [2.05, 4.69) is 26.3 Å². The summed E-state index contributed by atoms with van der Waals surface area (Å²) < 4.78 is 20.9. The number of aromatic nitrogens is 2. The van der Waals surface area contributed by atoms with Crippen molar-refractivity contribution in [3.8, 4) is 5.75 Å². The van der Waals surface area contributed by atoms with Gasteiger partial charge < -0.3 is 10.1 Å². The smallest absolute Gasteiger partial charge is 0.257 e. The van der Waals surface area contributed by atoms with E-state index in [9.17, 15) is 9.18 Å². The van der Waals surface area contributed by atoms with Gasteiger partial charge in [-0.15, -0.1) is 0 Å². The highest BCUT2D eigenvalue weighted by atomic mass is 79.9. The van der Waals surface area contributed by atoms with Crippen molar-refractivity contribution in [2.75, 3.05) is 13.2 Å². The standard InChI is InChI=1S/C14H15BrFN3O2/c1-19-8-10(7-18-19)4-5-17-14(20)9-21-13-3-2-11(15)6-12(13)16/h2-3,6-8H,4-5,9H2,1H3,(H,17,20). The van der Waals surface area contributed by atoms with Crippen LogP contribution in [0.2, 0.25) is 0 Å². The Hall–Kier alpha value is -1.89. The van der Waals surface area contributed by atoms with Crippen molar-refractivity contribution in [3.63, 3.8) is 0 Å². The third-order valence-electron chi connectivity index (χ3n) is 2.75. The van der Waals surface area contributed by atoms with E-state index < -0.39 is 5.82 Å². The first-order valence-corrected chi connectivity index (χ1v) is 7.16. The summed E-state index contributed by atoms with van der Waals surface area (Å²) in [7, 11) is 1.84. The predicted molar refractivity (Wildman–Crippen MR) is 79.5 cm³/mol. The van der Waals surface area contributed by atoms with Gasteiger partial charge in [0.05, 0.1) is 6.20 Å². The highest BCUT2D eigenvalue weighted by Crippen LogP contribution is 2.21. The van der Waals surface area contributed by atoms with Crippen LogP contribution in [0.4, 0.5) is 4.39 Å². The van der Waals surface area contributed by atoms with Gasteiger partial charge in [0, 0.05) is 24.3 Å². The number of halogens is 2. The zero-order valence-electron chi connectivity index (χ0n) is 11.5. The van der Waals surface area contributed by atoms with Crippen LogP contribution in [0, 0.1) is 5.82 Å². The van der Waals surface area contributed by atoms with Crippen LogP contribution in [0.25, 0.3) is 0 Å². The molecule has 0 aliphatic heterocycles. The normalized spacial score (nSPS) is 10.4. The Morgan fingerprint density at radius 3 is 3.00 bits per heavy atom. The Bertz CT molecular complexity index is 630. The molecule has 0 fully saturated rings. The Kier molecular flexibility index (Phi) is 5.32. The number of carbonyl (C=O) groups excluding carboxylic acids is 1. The molecule has 0 unspecified atom stereocenters. The van der Waals surface area contributed by atoms with Crippen LogP contribution in [0.3, 0.4) is 0 Å².